The normalized spacial score (nSPS) is 12.0. The number of nitrogens with one attached hydrogen (secondary N) is 2. The van der Waals surface area contributed by atoms with Crippen LogP contribution in [0.2, 0.25) is 0 Å². The first-order valence-corrected chi connectivity index (χ1v) is 8.90. The molecule has 4 aromatic rings. The van der Waals surface area contributed by atoms with Crippen LogP contribution in [0, 0.1) is 0 Å². The monoisotopic (exact) mass is 364 g/mol. The van der Waals surface area contributed by atoms with E-state index in [1.54, 1.807) is 5.51 Å². The Hall–Kier alpha value is -3.26. The van der Waals surface area contributed by atoms with Crippen LogP contribution < -0.4 is 10.6 Å². The van der Waals surface area contributed by atoms with E-state index in [0.29, 0.717) is 5.13 Å². The van der Waals surface area contributed by atoms with Crippen LogP contribution >= 0.6 is 11.3 Å². The number of anilines is 1. The van der Waals surface area contributed by atoms with Crippen molar-refractivity contribution in [3.05, 3.63) is 71.5 Å². The first kappa shape index (κ1) is 16.2. The predicted octanol–water partition coefficient (Wildman–Crippen LogP) is 3.34. The van der Waals surface area contributed by atoms with Crippen LogP contribution in [0.15, 0.2) is 60.1 Å². The van der Waals surface area contributed by atoms with Gasteiger partial charge in [0.1, 0.15) is 17.4 Å². The highest BCUT2D eigenvalue weighted by molar-refractivity contribution is 7.13. The molecule has 2 aromatic carbocycles. The number of amides is 2. The van der Waals surface area contributed by atoms with Gasteiger partial charge in [0, 0.05) is 7.05 Å². The van der Waals surface area contributed by atoms with Crippen LogP contribution in [0.3, 0.4) is 0 Å². The molecule has 0 unspecified atom stereocenters. The van der Waals surface area contributed by atoms with Gasteiger partial charge >= 0.3 is 6.03 Å². The van der Waals surface area contributed by atoms with Gasteiger partial charge in [0.2, 0.25) is 5.13 Å². The highest BCUT2D eigenvalue weighted by atomic mass is 32.1. The predicted molar refractivity (Wildman–Crippen MR) is 101 cm³/mol. The van der Waals surface area contributed by atoms with Crippen molar-refractivity contribution in [1.29, 1.82) is 0 Å². The molecule has 0 aliphatic carbocycles. The second-order valence-electron chi connectivity index (χ2n) is 5.70. The third kappa shape index (κ3) is 3.14. The number of imidazole rings is 1. The minimum Gasteiger partial charge on any atom is -0.329 e. The summed E-state index contributed by atoms with van der Waals surface area (Å²) in [7, 11) is 1.95. The molecule has 0 fully saturated rings. The summed E-state index contributed by atoms with van der Waals surface area (Å²) in [6, 6.07) is 16.9. The van der Waals surface area contributed by atoms with Crippen LogP contribution in [0.1, 0.15) is 17.4 Å². The molecule has 2 aromatic heterocycles. The van der Waals surface area contributed by atoms with Crippen LogP contribution in [0.5, 0.6) is 0 Å². The van der Waals surface area contributed by atoms with Gasteiger partial charge in [-0.3, -0.25) is 5.32 Å². The van der Waals surface area contributed by atoms with Gasteiger partial charge in [-0.15, -0.1) is 10.2 Å². The molecule has 0 saturated carbocycles. The molecule has 2 N–H and O–H groups in total. The molecule has 130 valence electrons. The standard InChI is InChI=1S/C18H16N6OS/c1-24-14-10-6-5-9-13(14)20-16(24)15(12-7-3-2-4-8-12)21-17(25)22-18-23-19-11-26-18/h2-11,15H,1H3,(H2,21,22,23,25)/t15-/m0/s1. The molecular weight excluding hydrogens is 348 g/mol. The van der Waals surface area contributed by atoms with Crippen molar-refractivity contribution in [3.8, 4) is 0 Å². The smallest absolute Gasteiger partial charge is 0.321 e. The number of carbonyl (C=O) groups excluding carboxylic acids is 1. The molecule has 8 heteroatoms. The molecule has 4 rings (SSSR count). The SMILES string of the molecule is Cn1c([C@@H](NC(=O)Nc2nncs2)c2ccccc2)nc2ccccc21. The first-order chi connectivity index (χ1) is 12.7. The molecule has 0 spiro atoms. The van der Waals surface area contributed by atoms with Crippen molar-refractivity contribution in [2.24, 2.45) is 7.05 Å². The van der Waals surface area contributed by atoms with Crippen LogP contribution in [0.25, 0.3) is 11.0 Å². The summed E-state index contributed by atoms with van der Waals surface area (Å²) in [5, 5.41) is 13.7. The molecule has 2 heterocycles. The molecule has 0 aliphatic heterocycles. The Kier molecular flexibility index (Phi) is 4.32. The van der Waals surface area contributed by atoms with Crippen LogP contribution in [0.4, 0.5) is 9.93 Å². The fourth-order valence-corrected chi connectivity index (χ4v) is 3.30. The summed E-state index contributed by atoms with van der Waals surface area (Å²) >= 11 is 1.26. The fraction of sp³-hybridized carbons (Fsp3) is 0.111. The molecule has 1 atom stereocenters. The summed E-state index contributed by atoms with van der Waals surface area (Å²) in [5.41, 5.74) is 4.40. The van der Waals surface area contributed by atoms with Crippen molar-refractivity contribution in [2.75, 3.05) is 5.32 Å². The number of nitrogens with zero attached hydrogens (tertiary/aromatic N) is 4. The van der Waals surface area contributed by atoms with E-state index in [2.05, 4.69) is 20.8 Å². The lowest BCUT2D eigenvalue weighted by atomic mass is 10.1. The number of rotatable bonds is 4. The van der Waals surface area contributed by atoms with E-state index in [1.165, 1.54) is 11.3 Å². The average molecular weight is 364 g/mol. The number of para-hydroxylation sites is 2. The molecule has 0 bridgehead atoms. The highest BCUT2D eigenvalue weighted by Gasteiger charge is 2.23. The third-order valence-corrected chi connectivity index (χ3v) is 4.68. The summed E-state index contributed by atoms with van der Waals surface area (Å²) < 4.78 is 2.00. The number of urea groups is 1. The Bertz CT molecular complexity index is 1030. The van der Waals surface area contributed by atoms with Gasteiger partial charge in [0.25, 0.3) is 0 Å². The van der Waals surface area contributed by atoms with Crippen LogP contribution in [-0.2, 0) is 7.05 Å². The Morgan fingerprint density at radius 3 is 2.62 bits per heavy atom. The number of fused-ring (bicyclic) bond motifs is 1. The Labute approximate surface area is 153 Å². The lowest BCUT2D eigenvalue weighted by Crippen LogP contribution is -2.34. The van der Waals surface area contributed by atoms with E-state index in [0.717, 1.165) is 22.4 Å². The van der Waals surface area contributed by atoms with Gasteiger partial charge < -0.3 is 9.88 Å². The second kappa shape index (κ2) is 6.93. The van der Waals surface area contributed by atoms with E-state index in [9.17, 15) is 4.79 Å². The van der Waals surface area contributed by atoms with Gasteiger partial charge in [-0.05, 0) is 17.7 Å². The van der Waals surface area contributed by atoms with E-state index in [4.69, 9.17) is 4.98 Å². The molecule has 0 radical (unpaired) electrons. The molecule has 26 heavy (non-hydrogen) atoms. The maximum Gasteiger partial charge on any atom is 0.321 e. The van der Waals surface area contributed by atoms with E-state index >= 15 is 0 Å². The van der Waals surface area contributed by atoms with Crippen molar-refractivity contribution >= 4 is 33.5 Å². The average Bonchev–Trinajstić information content (AvgIpc) is 3.29. The first-order valence-electron chi connectivity index (χ1n) is 8.02. The lowest BCUT2D eigenvalue weighted by molar-refractivity contribution is 0.249. The Balaban J connectivity index is 1.71. The second-order valence-corrected chi connectivity index (χ2v) is 6.54. The zero-order valence-electron chi connectivity index (χ0n) is 14.0. The van der Waals surface area contributed by atoms with E-state index in [-0.39, 0.29) is 6.03 Å². The summed E-state index contributed by atoms with van der Waals surface area (Å²) in [4.78, 5) is 17.2. The largest absolute Gasteiger partial charge is 0.329 e. The maximum atomic E-state index is 12.5. The number of carbonyl (C=O) groups is 1. The number of aryl methyl sites for hydroxylation is 1. The van der Waals surface area contributed by atoms with Crippen molar-refractivity contribution in [1.82, 2.24) is 25.1 Å². The van der Waals surface area contributed by atoms with E-state index < -0.39 is 6.04 Å². The van der Waals surface area contributed by atoms with Crippen molar-refractivity contribution in [2.45, 2.75) is 6.04 Å². The van der Waals surface area contributed by atoms with Gasteiger partial charge in [-0.25, -0.2) is 9.78 Å². The molecule has 2 amide bonds. The zero-order chi connectivity index (χ0) is 17.9. The van der Waals surface area contributed by atoms with Gasteiger partial charge in [-0.1, -0.05) is 53.8 Å². The zero-order valence-corrected chi connectivity index (χ0v) is 14.8. The minimum absolute atomic E-state index is 0.359. The third-order valence-electron chi connectivity index (χ3n) is 4.07. The highest BCUT2D eigenvalue weighted by Crippen LogP contribution is 2.25. The number of aromatic nitrogens is 4. The van der Waals surface area contributed by atoms with Crippen LogP contribution in [-0.4, -0.2) is 25.8 Å². The van der Waals surface area contributed by atoms with Gasteiger partial charge in [0.15, 0.2) is 0 Å². The number of hydrogen-bond acceptors (Lipinski definition) is 5. The van der Waals surface area contributed by atoms with E-state index in [1.807, 2.05) is 66.2 Å². The van der Waals surface area contributed by atoms with Gasteiger partial charge in [-0.2, -0.15) is 0 Å². The quantitative estimate of drug-likeness (QED) is 0.582. The summed E-state index contributed by atoms with van der Waals surface area (Å²) in [6.07, 6.45) is 0. The molecular formula is C18H16N6OS. The lowest BCUT2D eigenvalue weighted by Gasteiger charge is -2.19. The molecule has 0 saturated heterocycles. The number of benzene rings is 2. The van der Waals surface area contributed by atoms with Crippen molar-refractivity contribution < 1.29 is 4.79 Å². The number of hydrogen-bond donors (Lipinski definition) is 2. The molecule has 7 nitrogen and oxygen atoms in total. The minimum atomic E-state index is -0.401. The summed E-state index contributed by atoms with van der Waals surface area (Å²) in [5.74, 6) is 0.754. The molecule has 0 aliphatic rings. The van der Waals surface area contributed by atoms with Crippen molar-refractivity contribution in [3.63, 3.8) is 0 Å². The maximum absolute atomic E-state index is 12.5. The summed E-state index contributed by atoms with van der Waals surface area (Å²) in [6.45, 7) is 0. The Morgan fingerprint density at radius 1 is 1.12 bits per heavy atom. The Morgan fingerprint density at radius 2 is 1.88 bits per heavy atom. The fourth-order valence-electron chi connectivity index (χ4n) is 2.86. The topological polar surface area (TPSA) is 84.7 Å². The van der Waals surface area contributed by atoms with Gasteiger partial charge in [0.05, 0.1) is 11.0 Å².